The molecule has 0 spiro atoms. The van der Waals surface area contributed by atoms with Crippen molar-refractivity contribution in [3.05, 3.63) is 39.9 Å². The van der Waals surface area contributed by atoms with Crippen molar-refractivity contribution in [1.29, 1.82) is 0 Å². The van der Waals surface area contributed by atoms with Crippen LogP contribution in [0, 0.1) is 10.1 Å². The topological polar surface area (TPSA) is 84.3 Å². The van der Waals surface area contributed by atoms with Gasteiger partial charge in [-0.3, -0.25) is 14.9 Å². The molecule has 6 heteroatoms. The minimum atomic E-state index is -0.449. The monoisotopic (exact) mass is 263 g/mol. The fourth-order valence-electron chi connectivity index (χ4n) is 2.23. The second-order valence-corrected chi connectivity index (χ2v) is 5.14. The van der Waals surface area contributed by atoms with E-state index in [2.05, 4.69) is 10.6 Å². The molecule has 0 aliphatic carbocycles. The average molecular weight is 263 g/mol. The maximum atomic E-state index is 11.9. The van der Waals surface area contributed by atoms with Crippen molar-refractivity contribution < 1.29 is 9.72 Å². The molecular formula is C13H17N3O3. The first-order valence-corrected chi connectivity index (χ1v) is 6.24. The highest BCUT2D eigenvalue weighted by atomic mass is 16.6. The van der Waals surface area contributed by atoms with E-state index in [-0.39, 0.29) is 23.6 Å². The summed E-state index contributed by atoms with van der Waals surface area (Å²) in [5.41, 5.74) is 0.631. The van der Waals surface area contributed by atoms with Crippen molar-refractivity contribution in [3.63, 3.8) is 0 Å². The SMILES string of the molecule is CC1(NC(=O)Cc2ccc([N+](=O)[O-])cc2)CCNC1. The Balaban J connectivity index is 1.93. The Hall–Kier alpha value is -1.95. The number of carbonyl (C=O) groups is 1. The zero-order chi connectivity index (χ0) is 13.9. The van der Waals surface area contributed by atoms with E-state index in [1.807, 2.05) is 6.92 Å². The molecule has 1 aromatic carbocycles. The summed E-state index contributed by atoms with van der Waals surface area (Å²) in [6.07, 6.45) is 1.16. The number of carbonyl (C=O) groups excluding carboxylic acids is 1. The number of nitrogens with one attached hydrogen (secondary N) is 2. The van der Waals surface area contributed by atoms with E-state index in [4.69, 9.17) is 0 Å². The zero-order valence-electron chi connectivity index (χ0n) is 10.8. The highest BCUT2D eigenvalue weighted by Gasteiger charge is 2.29. The molecule has 0 aromatic heterocycles. The second-order valence-electron chi connectivity index (χ2n) is 5.14. The van der Waals surface area contributed by atoms with E-state index in [0.717, 1.165) is 25.1 Å². The van der Waals surface area contributed by atoms with Crippen LogP contribution >= 0.6 is 0 Å². The lowest BCUT2D eigenvalue weighted by molar-refractivity contribution is -0.384. The highest BCUT2D eigenvalue weighted by Crippen LogP contribution is 2.15. The van der Waals surface area contributed by atoms with Crippen LogP contribution in [0.2, 0.25) is 0 Å². The Morgan fingerprint density at radius 1 is 1.47 bits per heavy atom. The summed E-state index contributed by atoms with van der Waals surface area (Å²) >= 11 is 0. The summed E-state index contributed by atoms with van der Waals surface area (Å²) in [6.45, 7) is 3.70. The van der Waals surface area contributed by atoms with Gasteiger partial charge in [0.05, 0.1) is 16.9 Å². The van der Waals surface area contributed by atoms with Crippen LogP contribution in [-0.2, 0) is 11.2 Å². The third-order valence-corrected chi connectivity index (χ3v) is 3.32. The molecular weight excluding hydrogens is 246 g/mol. The minimum Gasteiger partial charge on any atom is -0.349 e. The quantitative estimate of drug-likeness (QED) is 0.627. The predicted octanol–water partition coefficient (Wildman–Crippen LogP) is 1.01. The van der Waals surface area contributed by atoms with E-state index in [9.17, 15) is 14.9 Å². The largest absolute Gasteiger partial charge is 0.349 e. The molecule has 2 rings (SSSR count). The molecule has 0 saturated carbocycles. The van der Waals surface area contributed by atoms with Gasteiger partial charge in [0, 0.05) is 18.7 Å². The minimum absolute atomic E-state index is 0.0381. The van der Waals surface area contributed by atoms with Gasteiger partial charge < -0.3 is 10.6 Å². The van der Waals surface area contributed by atoms with Crippen LogP contribution in [0.4, 0.5) is 5.69 Å². The smallest absolute Gasteiger partial charge is 0.269 e. The molecule has 1 saturated heterocycles. The number of rotatable bonds is 4. The Bertz CT molecular complexity index is 478. The molecule has 102 valence electrons. The summed E-state index contributed by atoms with van der Waals surface area (Å²) in [5, 5.41) is 16.7. The molecule has 1 aliphatic heterocycles. The van der Waals surface area contributed by atoms with E-state index in [1.165, 1.54) is 12.1 Å². The molecule has 1 unspecified atom stereocenters. The van der Waals surface area contributed by atoms with Crippen molar-refractivity contribution in [1.82, 2.24) is 10.6 Å². The van der Waals surface area contributed by atoms with Gasteiger partial charge in [-0.15, -0.1) is 0 Å². The lowest BCUT2D eigenvalue weighted by Gasteiger charge is -2.24. The van der Waals surface area contributed by atoms with E-state index < -0.39 is 4.92 Å². The van der Waals surface area contributed by atoms with Gasteiger partial charge in [-0.2, -0.15) is 0 Å². The van der Waals surface area contributed by atoms with Crippen molar-refractivity contribution in [2.75, 3.05) is 13.1 Å². The number of benzene rings is 1. The van der Waals surface area contributed by atoms with Crippen LogP contribution in [0.25, 0.3) is 0 Å². The Morgan fingerprint density at radius 2 is 2.16 bits per heavy atom. The fourth-order valence-corrected chi connectivity index (χ4v) is 2.23. The Labute approximate surface area is 111 Å². The Kier molecular flexibility index (Phi) is 3.80. The molecule has 1 aliphatic rings. The van der Waals surface area contributed by atoms with Crippen LogP contribution in [0.15, 0.2) is 24.3 Å². The van der Waals surface area contributed by atoms with Crippen molar-refractivity contribution in [2.45, 2.75) is 25.3 Å². The van der Waals surface area contributed by atoms with Gasteiger partial charge >= 0.3 is 0 Å². The van der Waals surface area contributed by atoms with Crippen LogP contribution < -0.4 is 10.6 Å². The first-order valence-electron chi connectivity index (χ1n) is 6.24. The van der Waals surface area contributed by atoms with Crippen molar-refractivity contribution in [2.24, 2.45) is 0 Å². The van der Waals surface area contributed by atoms with Gasteiger partial charge in [0.2, 0.25) is 5.91 Å². The Morgan fingerprint density at radius 3 is 2.68 bits per heavy atom. The summed E-state index contributed by atoms with van der Waals surface area (Å²) in [5.74, 6) is -0.0555. The summed E-state index contributed by atoms with van der Waals surface area (Å²) < 4.78 is 0. The number of amides is 1. The zero-order valence-corrected chi connectivity index (χ0v) is 10.8. The lowest BCUT2D eigenvalue weighted by atomic mass is 10.0. The summed E-state index contributed by atoms with van der Waals surface area (Å²) in [4.78, 5) is 22.0. The molecule has 0 bridgehead atoms. The molecule has 1 amide bonds. The van der Waals surface area contributed by atoms with E-state index >= 15 is 0 Å². The molecule has 1 heterocycles. The molecule has 1 atom stereocenters. The molecule has 1 fully saturated rings. The van der Waals surface area contributed by atoms with Crippen molar-refractivity contribution in [3.8, 4) is 0 Å². The van der Waals surface area contributed by atoms with Gasteiger partial charge in [-0.1, -0.05) is 12.1 Å². The molecule has 6 nitrogen and oxygen atoms in total. The normalized spacial score (nSPS) is 22.2. The average Bonchev–Trinajstić information content (AvgIpc) is 2.76. The van der Waals surface area contributed by atoms with Crippen LogP contribution in [0.5, 0.6) is 0 Å². The summed E-state index contributed by atoms with van der Waals surface area (Å²) in [7, 11) is 0. The lowest BCUT2D eigenvalue weighted by Crippen LogP contribution is -2.48. The number of hydrogen-bond donors (Lipinski definition) is 2. The number of nitro benzene ring substituents is 1. The fraction of sp³-hybridized carbons (Fsp3) is 0.462. The van der Waals surface area contributed by atoms with Gasteiger partial charge in [-0.25, -0.2) is 0 Å². The summed E-state index contributed by atoms with van der Waals surface area (Å²) in [6, 6.07) is 6.07. The predicted molar refractivity (Wildman–Crippen MR) is 70.8 cm³/mol. The second kappa shape index (κ2) is 5.36. The maximum Gasteiger partial charge on any atom is 0.269 e. The van der Waals surface area contributed by atoms with E-state index in [1.54, 1.807) is 12.1 Å². The first-order chi connectivity index (χ1) is 8.98. The van der Waals surface area contributed by atoms with Crippen LogP contribution in [0.1, 0.15) is 18.9 Å². The standard InChI is InChI=1S/C13H17N3O3/c1-13(6-7-14-9-13)15-12(17)8-10-2-4-11(5-3-10)16(18)19/h2-5,14H,6-9H2,1H3,(H,15,17). The van der Waals surface area contributed by atoms with Gasteiger partial charge in [0.1, 0.15) is 0 Å². The third kappa shape index (κ3) is 3.51. The molecule has 0 radical (unpaired) electrons. The number of non-ortho nitro benzene ring substituents is 1. The maximum absolute atomic E-state index is 11.9. The third-order valence-electron chi connectivity index (χ3n) is 3.32. The van der Waals surface area contributed by atoms with Gasteiger partial charge in [0.15, 0.2) is 0 Å². The van der Waals surface area contributed by atoms with E-state index in [0.29, 0.717) is 0 Å². The molecule has 2 N–H and O–H groups in total. The number of hydrogen-bond acceptors (Lipinski definition) is 4. The number of nitro groups is 1. The highest BCUT2D eigenvalue weighted by molar-refractivity contribution is 5.79. The molecule has 19 heavy (non-hydrogen) atoms. The molecule has 1 aromatic rings. The van der Waals surface area contributed by atoms with Crippen LogP contribution in [0.3, 0.4) is 0 Å². The number of nitrogens with zero attached hydrogens (tertiary/aromatic N) is 1. The van der Waals surface area contributed by atoms with Crippen LogP contribution in [-0.4, -0.2) is 29.5 Å². The van der Waals surface area contributed by atoms with Crippen molar-refractivity contribution >= 4 is 11.6 Å². The first kappa shape index (κ1) is 13.5. The van der Waals surface area contributed by atoms with Gasteiger partial charge in [0.25, 0.3) is 5.69 Å². The van der Waals surface area contributed by atoms with Gasteiger partial charge in [-0.05, 0) is 25.5 Å².